The quantitative estimate of drug-likeness (QED) is 0.747. The van der Waals surface area contributed by atoms with Crippen LogP contribution < -0.4 is 5.32 Å². The number of carbonyl (C=O) groups excluding carboxylic acids is 1. The van der Waals surface area contributed by atoms with Crippen LogP contribution in [0.2, 0.25) is 0 Å². The molecule has 0 radical (unpaired) electrons. The van der Waals surface area contributed by atoms with Crippen LogP contribution in [0.25, 0.3) is 16.5 Å². The molecule has 1 aliphatic heterocycles. The monoisotopic (exact) mass is 349 g/mol. The second kappa shape index (κ2) is 7.14. The number of hydrogen-bond acceptors (Lipinski definition) is 2. The molecule has 2 N–H and O–H groups in total. The van der Waals surface area contributed by atoms with E-state index >= 15 is 0 Å². The molecule has 1 aromatic heterocycles. The third-order valence-corrected chi connectivity index (χ3v) is 4.74. The van der Waals surface area contributed by atoms with Gasteiger partial charge >= 0.3 is 0 Å². The van der Waals surface area contributed by atoms with Crippen LogP contribution in [0.5, 0.6) is 0 Å². The molecule has 2 aromatic carbocycles. The lowest BCUT2D eigenvalue weighted by Gasteiger charge is -2.25. The minimum Gasteiger partial charge on any atom is -0.361 e. The number of halogens is 1. The summed E-state index contributed by atoms with van der Waals surface area (Å²) in [5.74, 6) is -0.611. The van der Waals surface area contributed by atoms with Gasteiger partial charge in [0.2, 0.25) is 5.91 Å². The van der Waals surface area contributed by atoms with Crippen molar-refractivity contribution in [3.05, 3.63) is 72.2 Å². The molecule has 0 spiro atoms. The van der Waals surface area contributed by atoms with Crippen LogP contribution >= 0.6 is 0 Å². The summed E-state index contributed by atoms with van der Waals surface area (Å²) in [5, 5.41) is 3.87. The van der Waals surface area contributed by atoms with Gasteiger partial charge in [-0.05, 0) is 30.2 Å². The first-order valence-electron chi connectivity index (χ1n) is 8.73. The number of anilines is 1. The molecular weight excluding hydrogens is 329 g/mol. The van der Waals surface area contributed by atoms with E-state index in [0.717, 1.165) is 18.5 Å². The van der Waals surface area contributed by atoms with E-state index in [1.54, 1.807) is 18.2 Å². The zero-order valence-electron chi connectivity index (χ0n) is 14.3. The van der Waals surface area contributed by atoms with Gasteiger partial charge in [-0.3, -0.25) is 9.69 Å². The van der Waals surface area contributed by atoms with Gasteiger partial charge in [-0.15, -0.1) is 0 Å². The van der Waals surface area contributed by atoms with Crippen molar-refractivity contribution in [3.8, 4) is 0 Å². The maximum atomic E-state index is 13.6. The van der Waals surface area contributed by atoms with Crippen LogP contribution in [0, 0.1) is 5.82 Å². The molecule has 0 saturated carbocycles. The average molecular weight is 349 g/mol. The van der Waals surface area contributed by atoms with Crippen LogP contribution in [0.15, 0.2) is 60.8 Å². The van der Waals surface area contributed by atoms with Crippen molar-refractivity contribution in [2.75, 3.05) is 25.0 Å². The summed E-state index contributed by atoms with van der Waals surface area (Å²) >= 11 is 0. The highest BCUT2D eigenvalue weighted by Crippen LogP contribution is 2.29. The molecule has 4 rings (SSSR count). The van der Waals surface area contributed by atoms with Crippen molar-refractivity contribution in [1.82, 2.24) is 9.88 Å². The number of hydrogen-bond donors (Lipinski definition) is 2. The second-order valence-electron chi connectivity index (χ2n) is 6.49. The lowest BCUT2D eigenvalue weighted by molar-refractivity contribution is -0.117. The standard InChI is InChI=1S/C21H20FN3O/c22-18-6-2-4-8-20(18)24-21(26)14-25-11-9-15(10-12-25)17-13-23-19-7-3-1-5-16(17)19/h1-9,13,23H,10-12,14H2,(H,24,26). The number of fused-ring (bicyclic) bond motifs is 1. The first-order valence-corrected chi connectivity index (χ1v) is 8.73. The summed E-state index contributed by atoms with van der Waals surface area (Å²) in [6.45, 7) is 1.77. The number of amides is 1. The van der Waals surface area contributed by atoms with Crippen molar-refractivity contribution < 1.29 is 9.18 Å². The van der Waals surface area contributed by atoms with Crippen LogP contribution in [0.4, 0.5) is 10.1 Å². The molecular formula is C21H20FN3O. The topological polar surface area (TPSA) is 48.1 Å². The fraction of sp³-hybridized carbons (Fsp3) is 0.190. The Kier molecular flexibility index (Phi) is 4.54. The molecule has 0 bridgehead atoms. The van der Waals surface area contributed by atoms with Gasteiger partial charge in [0.15, 0.2) is 0 Å². The van der Waals surface area contributed by atoms with Gasteiger partial charge in [-0.25, -0.2) is 4.39 Å². The number of carbonyl (C=O) groups is 1. The first kappa shape index (κ1) is 16.5. The van der Waals surface area contributed by atoms with Crippen LogP contribution in [-0.4, -0.2) is 35.4 Å². The molecule has 132 valence electrons. The van der Waals surface area contributed by atoms with E-state index in [9.17, 15) is 9.18 Å². The molecule has 0 fully saturated rings. The lowest BCUT2D eigenvalue weighted by Crippen LogP contribution is -2.36. The minimum atomic E-state index is -0.416. The van der Waals surface area contributed by atoms with Crippen molar-refractivity contribution in [2.45, 2.75) is 6.42 Å². The molecule has 4 nitrogen and oxygen atoms in total. The van der Waals surface area contributed by atoms with Crippen LogP contribution in [-0.2, 0) is 4.79 Å². The SMILES string of the molecule is O=C(CN1CC=C(c2c[nH]c3ccccc23)CC1)Nc1ccccc1F. The Morgan fingerprint density at radius 2 is 1.96 bits per heavy atom. The Hall–Kier alpha value is -2.92. The van der Waals surface area contributed by atoms with Gasteiger partial charge in [-0.1, -0.05) is 36.4 Å². The van der Waals surface area contributed by atoms with E-state index in [1.807, 2.05) is 12.1 Å². The predicted molar refractivity (Wildman–Crippen MR) is 102 cm³/mol. The number of para-hydroxylation sites is 2. The third kappa shape index (κ3) is 3.39. The average Bonchev–Trinajstić information content (AvgIpc) is 3.08. The smallest absolute Gasteiger partial charge is 0.238 e. The fourth-order valence-corrected chi connectivity index (χ4v) is 3.39. The molecule has 0 aliphatic carbocycles. The molecule has 0 saturated heterocycles. The minimum absolute atomic E-state index is 0.195. The number of aromatic amines is 1. The van der Waals surface area contributed by atoms with Crippen LogP contribution in [0.1, 0.15) is 12.0 Å². The Labute approximate surface area is 151 Å². The fourth-order valence-electron chi connectivity index (χ4n) is 3.39. The summed E-state index contributed by atoms with van der Waals surface area (Å²) in [5.41, 5.74) is 3.89. The van der Waals surface area contributed by atoms with Crippen LogP contribution in [0.3, 0.4) is 0 Å². The van der Waals surface area contributed by atoms with Crippen molar-refractivity contribution in [3.63, 3.8) is 0 Å². The number of aromatic nitrogens is 1. The first-order chi connectivity index (χ1) is 12.7. The number of H-pyrrole nitrogens is 1. The lowest BCUT2D eigenvalue weighted by atomic mass is 9.99. The summed E-state index contributed by atoms with van der Waals surface area (Å²) in [4.78, 5) is 17.5. The maximum absolute atomic E-state index is 13.6. The van der Waals surface area contributed by atoms with Gasteiger partial charge in [0, 0.05) is 35.8 Å². The molecule has 26 heavy (non-hydrogen) atoms. The second-order valence-corrected chi connectivity index (χ2v) is 6.49. The largest absolute Gasteiger partial charge is 0.361 e. The number of benzene rings is 2. The predicted octanol–water partition coefficient (Wildman–Crippen LogP) is 4.03. The number of nitrogens with zero attached hydrogens (tertiary/aromatic N) is 1. The molecule has 0 unspecified atom stereocenters. The molecule has 5 heteroatoms. The Morgan fingerprint density at radius 3 is 2.77 bits per heavy atom. The molecule has 3 aromatic rings. The van der Waals surface area contributed by atoms with Gasteiger partial charge in [-0.2, -0.15) is 0 Å². The van der Waals surface area contributed by atoms with Crippen molar-refractivity contribution in [2.24, 2.45) is 0 Å². The molecule has 2 heterocycles. The highest BCUT2D eigenvalue weighted by molar-refractivity contribution is 5.93. The number of nitrogens with one attached hydrogen (secondary N) is 2. The zero-order valence-corrected chi connectivity index (χ0v) is 14.3. The Bertz CT molecular complexity index is 976. The van der Waals surface area contributed by atoms with E-state index in [0.29, 0.717) is 6.54 Å². The highest BCUT2D eigenvalue weighted by atomic mass is 19.1. The van der Waals surface area contributed by atoms with E-state index in [-0.39, 0.29) is 18.1 Å². The van der Waals surface area contributed by atoms with E-state index in [2.05, 4.69) is 39.6 Å². The van der Waals surface area contributed by atoms with Gasteiger partial charge in [0.05, 0.1) is 12.2 Å². The van der Waals surface area contributed by atoms with Crippen molar-refractivity contribution in [1.29, 1.82) is 0 Å². The highest BCUT2D eigenvalue weighted by Gasteiger charge is 2.18. The normalized spacial score (nSPS) is 15.0. The summed E-state index contributed by atoms with van der Waals surface area (Å²) in [7, 11) is 0. The van der Waals surface area contributed by atoms with Crippen molar-refractivity contribution >= 4 is 28.1 Å². The zero-order chi connectivity index (χ0) is 17.9. The van der Waals surface area contributed by atoms with E-state index < -0.39 is 5.82 Å². The summed E-state index contributed by atoms with van der Waals surface area (Å²) in [6, 6.07) is 14.5. The van der Waals surface area contributed by atoms with Gasteiger partial charge < -0.3 is 10.3 Å². The summed E-state index contributed by atoms with van der Waals surface area (Å²) < 4.78 is 13.6. The van der Waals surface area contributed by atoms with Gasteiger partial charge in [0.1, 0.15) is 5.82 Å². The van der Waals surface area contributed by atoms with E-state index in [4.69, 9.17) is 0 Å². The Balaban J connectivity index is 1.40. The molecule has 1 amide bonds. The van der Waals surface area contributed by atoms with E-state index in [1.165, 1.54) is 22.6 Å². The van der Waals surface area contributed by atoms with Gasteiger partial charge in [0.25, 0.3) is 0 Å². The maximum Gasteiger partial charge on any atom is 0.238 e. The third-order valence-electron chi connectivity index (χ3n) is 4.74. The number of rotatable bonds is 4. The summed E-state index contributed by atoms with van der Waals surface area (Å²) in [6.07, 6.45) is 5.11. The molecule has 1 aliphatic rings. The Morgan fingerprint density at radius 1 is 1.15 bits per heavy atom. The molecule has 0 atom stereocenters.